The normalized spacial score (nSPS) is 21.1. The van der Waals surface area contributed by atoms with Gasteiger partial charge >= 0.3 is 0 Å². The van der Waals surface area contributed by atoms with Crippen molar-refractivity contribution in [1.82, 2.24) is 5.32 Å². The predicted molar refractivity (Wildman–Crippen MR) is 99.6 cm³/mol. The van der Waals surface area contributed by atoms with Crippen LogP contribution >= 0.6 is 0 Å². The number of amides is 1. The molecule has 3 aliphatic carbocycles. The van der Waals surface area contributed by atoms with E-state index in [0.29, 0.717) is 5.92 Å². The molecule has 1 spiro atoms. The molecule has 0 aliphatic heterocycles. The molecule has 2 aromatic carbocycles. The number of hydrogen-bond acceptors (Lipinski definition) is 3. The molecule has 2 fully saturated rings. The molecule has 0 saturated heterocycles. The minimum atomic E-state index is -0.0232. The van der Waals surface area contributed by atoms with Gasteiger partial charge in [0.05, 0.1) is 14.2 Å². The number of nitrogens with one attached hydrogen (secondary N) is 1. The first-order valence-corrected chi connectivity index (χ1v) is 9.32. The van der Waals surface area contributed by atoms with Crippen molar-refractivity contribution in [2.75, 3.05) is 20.8 Å². The second-order valence-electron chi connectivity index (χ2n) is 7.71. The van der Waals surface area contributed by atoms with Gasteiger partial charge in [-0.3, -0.25) is 4.79 Å². The Morgan fingerprint density at radius 1 is 1.04 bits per heavy atom. The van der Waals surface area contributed by atoms with Crippen molar-refractivity contribution < 1.29 is 14.3 Å². The lowest BCUT2D eigenvalue weighted by Crippen LogP contribution is -2.28. The minimum Gasteiger partial charge on any atom is -0.497 e. The van der Waals surface area contributed by atoms with E-state index in [4.69, 9.17) is 9.47 Å². The lowest BCUT2D eigenvalue weighted by Gasteiger charge is -2.16. The largest absolute Gasteiger partial charge is 0.497 e. The Morgan fingerprint density at radius 2 is 1.62 bits per heavy atom. The van der Waals surface area contributed by atoms with Crippen LogP contribution in [0.1, 0.15) is 30.4 Å². The third kappa shape index (κ3) is 2.17. The summed E-state index contributed by atoms with van der Waals surface area (Å²) in [5.74, 6) is 2.67. The highest BCUT2D eigenvalue weighted by molar-refractivity contribution is 5.85. The molecule has 1 amide bonds. The summed E-state index contributed by atoms with van der Waals surface area (Å²) in [7, 11) is 3.42. The zero-order valence-corrected chi connectivity index (χ0v) is 15.2. The summed E-state index contributed by atoms with van der Waals surface area (Å²) in [6.45, 7) is 0.739. The second kappa shape index (κ2) is 5.50. The quantitative estimate of drug-likeness (QED) is 0.898. The van der Waals surface area contributed by atoms with Gasteiger partial charge in [-0.15, -0.1) is 0 Å². The highest BCUT2D eigenvalue weighted by Gasteiger charge is 2.61. The van der Waals surface area contributed by atoms with Gasteiger partial charge in [0.25, 0.3) is 0 Å². The van der Waals surface area contributed by atoms with Crippen molar-refractivity contribution in [3.8, 4) is 22.6 Å². The maximum atomic E-state index is 12.1. The standard InChI is InChI=1S/C22H23NO3/c1-25-15-5-7-17-18-8-6-16(26-2)10-20(18)22(19(17)9-15)11-14(22)12-23-21(24)13-3-4-13/h5-10,13-14H,3-4,11-12H2,1-2H3,(H,23,24). The van der Waals surface area contributed by atoms with Crippen LogP contribution < -0.4 is 14.8 Å². The van der Waals surface area contributed by atoms with Crippen molar-refractivity contribution in [3.63, 3.8) is 0 Å². The van der Waals surface area contributed by atoms with Crippen LogP contribution in [0.3, 0.4) is 0 Å². The molecule has 0 heterocycles. The molecule has 2 saturated carbocycles. The Labute approximate surface area is 153 Å². The zero-order valence-electron chi connectivity index (χ0n) is 15.2. The Morgan fingerprint density at radius 3 is 2.12 bits per heavy atom. The summed E-state index contributed by atoms with van der Waals surface area (Å²) < 4.78 is 11.0. The molecule has 3 aliphatic rings. The number of hydrogen-bond donors (Lipinski definition) is 1. The molecule has 1 atom stereocenters. The third-order valence-electron chi connectivity index (χ3n) is 6.28. The number of methoxy groups -OCH3 is 2. The predicted octanol–water partition coefficient (Wildman–Crippen LogP) is 3.52. The van der Waals surface area contributed by atoms with Crippen molar-refractivity contribution in [2.45, 2.75) is 24.7 Å². The lowest BCUT2D eigenvalue weighted by molar-refractivity contribution is -0.122. The summed E-state index contributed by atoms with van der Waals surface area (Å²) in [6, 6.07) is 12.7. The van der Waals surface area contributed by atoms with Crippen molar-refractivity contribution in [3.05, 3.63) is 47.5 Å². The van der Waals surface area contributed by atoms with Gasteiger partial charge < -0.3 is 14.8 Å². The van der Waals surface area contributed by atoms with Gasteiger partial charge in [0.15, 0.2) is 0 Å². The van der Waals surface area contributed by atoms with Gasteiger partial charge in [0.2, 0.25) is 5.91 Å². The van der Waals surface area contributed by atoms with E-state index in [9.17, 15) is 4.79 Å². The first-order valence-electron chi connectivity index (χ1n) is 9.32. The van der Waals surface area contributed by atoms with Crippen molar-refractivity contribution in [1.29, 1.82) is 0 Å². The maximum Gasteiger partial charge on any atom is 0.223 e. The summed E-state index contributed by atoms with van der Waals surface area (Å²) in [4.78, 5) is 12.1. The number of carbonyl (C=O) groups excluding carboxylic acids is 1. The number of benzene rings is 2. The molecule has 1 N–H and O–H groups in total. The molecule has 1 unspecified atom stereocenters. The molecule has 0 aromatic heterocycles. The average Bonchev–Trinajstić information content (AvgIpc) is 3.59. The molecule has 4 nitrogen and oxygen atoms in total. The van der Waals surface area contributed by atoms with E-state index >= 15 is 0 Å². The minimum absolute atomic E-state index is 0.0232. The first-order chi connectivity index (χ1) is 12.7. The molecule has 2 aromatic rings. The molecular formula is C22H23NO3. The van der Waals surface area contributed by atoms with Crippen LogP contribution in [0.15, 0.2) is 36.4 Å². The number of ether oxygens (including phenoxy) is 2. The van der Waals surface area contributed by atoms with Crippen molar-refractivity contribution >= 4 is 5.91 Å². The Bertz CT molecular complexity index is 847. The summed E-state index contributed by atoms with van der Waals surface area (Å²) in [5.41, 5.74) is 5.18. The zero-order chi connectivity index (χ0) is 17.9. The first kappa shape index (κ1) is 15.7. The number of fused-ring (bicyclic) bond motifs is 5. The van der Waals surface area contributed by atoms with Crippen molar-refractivity contribution in [2.24, 2.45) is 11.8 Å². The van der Waals surface area contributed by atoms with Crippen LogP contribution in [-0.2, 0) is 10.2 Å². The van der Waals surface area contributed by atoms with Gasteiger partial charge in [-0.1, -0.05) is 12.1 Å². The molecule has 0 bridgehead atoms. The smallest absolute Gasteiger partial charge is 0.223 e. The Hall–Kier alpha value is -2.49. The topological polar surface area (TPSA) is 47.6 Å². The van der Waals surface area contributed by atoms with Gasteiger partial charge in [0, 0.05) is 17.9 Å². The fourth-order valence-electron chi connectivity index (χ4n) is 4.60. The Kier molecular flexibility index (Phi) is 3.33. The third-order valence-corrected chi connectivity index (χ3v) is 6.28. The molecule has 4 heteroatoms. The van der Waals surface area contributed by atoms with Gasteiger partial charge in [-0.05, 0) is 71.7 Å². The van der Waals surface area contributed by atoms with Gasteiger partial charge in [-0.2, -0.15) is 0 Å². The van der Waals surface area contributed by atoms with E-state index < -0.39 is 0 Å². The van der Waals surface area contributed by atoms with Crippen LogP contribution in [0.4, 0.5) is 0 Å². The number of carbonyl (C=O) groups is 1. The molecule has 134 valence electrons. The van der Waals surface area contributed by atoms with Crippen LogP contribution in [-0.4, -0.2) is 26.7 Å². The average molecular weight is 349 g/mol. The second-order valence-corrected chi connectivity index (χ2v) is 7.71. The summed E-state index contributed by atoms with van der Waals surface area (Å²) in [6.07, 6.45) is 3.14. The number of rotatable bonds is 5. The SMILES string of the molecule is COc1ccc2c(c1)C1(CC1CNC(=O)C1CC1)c1cc(OC)ccc1-2. The monoisotopic (exact) mass is 349 g/mol. The molecule has 5 rings (SSSR count). The van der Waals surface area contributed by atoms with Gasteiger partial charge in [0.1, 0.15) is 11.5 Å². The van der Waals surface area contributed by atoms with Crippen LogP contribution in [0.5, 0.6) is 11.5 Å². The van der Waals surface area contributed by atoms with Crippen LogP contribution in [0.25, 0.3) is 11.1 Å². The maximum absolute atomic E-state index is 12.1. The molecule has 26 heavy (non-hydrogen) atoms. The van der Waals surface area contributed by atoms with Crippen LogP contribution in [0.2, 0.25) is 0 Å². The van der Waals surface area contributed by atoms with E-state index in [-0.39, 0.29) is 17.2 Å². The lowest BCUT2D eigenvalue weighted by atomic mass is 9.90. The Balaban J connectivity index is 1.53. The van der Waals surface area contributed by atoms with E-state index in [0.717, 1.165) is 37.3 Å². The molecular weight excluding hydrogens is 326 g/mol. The highest BCUT2D eigenvalue weighted by atomic mass is 16.5. The van der Waals surface area contributed by atoms with E-state index in [1.807, 2.05) is 12.1 Å². The van der Waals surface area contributed by atoms with E-state index in [1.54, 1.807) is 14.2 Å². The fourth-order valence-corrected chi connectivity index (χ4v) is 4.60. The fraction of sp³-hybridized carbons (Fsp3) is 0.409. The highest BCUT2D eigenvalue weighted by Crippen LogP contribution is 2.66. The van der Waals surface area contributed by atoms with E-state index in [2.05, 4.69) is 29.6 Å². The molecule has 0 radical (unpaired) electrons. The van der Waals surface area contributed by atoms with E-state index in [1.165, 1.54) is 22.3 Å². The summed E-state index contributed by atoms with van der Waals surface area (Å²) >= 11 is 0. The summed E-state index contributed by atoms with van der Waals surface area (Å²) in [5, 5.41) is 3.18. The van der Waals surface area contributed by atoms with Gasteiger partial charge in [-0.25, -0.2) is 0 Å². The van der Waals surface area contributed by atoms with Crippen LogP contribution in [0, 0.1) is 11.8 Å².